The lowest BCUT2D eigenvalue weighted by molar-refractivity contribution is -0.138. The van der Waals surface area contributed by atoms with Crippen LogP contribution in [0.5, 0.6) is 5.75 Å². The molecule has 2 aliphatic rings. The number of hydrogen-bond donors (Lipinski definition) is 2. The van der Waals surface area contributed by atoms with Gasteiger partial charge in [0.1, 0.15) is 17.5 Å². The lowest BCUT2D eigenvalue weighted by Gasteiger charge is -2.35. The van der Waals surface area contributed by atoms with Gasteiger partial charge in [-0.05, 0) is 44.2 Å². The molecule has 0 saturated carbocycles. The van der Waals surface area contributed by atoms with Crippen LogP contribution in [-0.4, -0.2) is 126 Å². The van der Waals surface area contributed by atoms with E-state index in [1.54, 1.807) is 36.1 Å². The van der Waals surface area contributed by atoms with Crippen molar-refractivity contribution >= 4 is 40.7 Å². The van der Waals surface area contributed by atoms with Gasteiger partial charge in [0.25, 0.3) is 11.8 Å². The highest BCUT2D eigenvalue weighted by Gasteiger charge is 2.31. The lowest BCUT2D eigenvalue weighted by atomic mass is 10.1. The zero-order valence-corrected chi connectivity index (χ0v) is 27.3. The van der Waals surface area contributed by atoms with E-state index in [1.165, 1.54) is 15.9 Å². The van der Waals surface area contributed by atoms with E-state index in [0.29, 0.717) is 36.5 Å². The molecule has 2 N–H and O–H groups in total. The average molecular weight is 656 g/mol. The van der Waals surface area contributed by atoms with Crippen LogP contribution in [0.15, 0.2) is 30.3 Å². The second kappa shape index (κ2) is 16.9. The molecule has 14 nitrogen and oxygen atoms in total. The molecule has 0 spiro atoms. The van der Waals surface area contributed by atoms with Crippen molar-refractivity contribution in [3.05, 3.63) is 36.0 Å². The Morgan fingerprint density at radius 1 is 0.979 bits per heavy atom. The number of aliphatic carboxylic acids is 1. The van der Waals surface area contributed by atoms with E-state index in [9.17, 15) is 29.1 Å². The molecular weight excluding hydrogens is 610 g/mol. The third-order valence-corrected chi connectivity index (χ3v) is 8.09. The number of hydrogen-bond acceptors (Lipinski definition) is 9. The summed E-state index contributed by atoms with van der Waals surface area (Å²) in [6, 6.07) is 7.32. The molecule has 0 aliphatic carbocycles. The van der Waals surface area contributed by atoms with Crippen molar-refractivity contribution in [3.63, 3.8) is 0 Å². The summed E-state index contributed by atoms with van der Waals surface area (Å²) in [5, 5.41) is 12.6. The SMILES string of the molecule is CCOC(=O)N1CCN(C(=O)C(CCC(=O)O)NC(=O)c2cc(OCC(=O)N3CCC(OCC(C)C)CC3)c3ccccc3n2)CC1. The first-order chi connectivity index (χ1) is 22.5. The molecule has 1 aromatic heterocycles. The highest BCUT2D eigenvalue weighted by molar-refractivity contribution is 5.99. The number of carbonyl (C=O) groups is 5. The monoisotopic (exact) mass is 655 g/mol. The number of amides is 4. The molecule has 1 atom stereocenters. The van der Waals surface area contributed by atoms with Crippen LogP contribution in [-0.2, 0) is 23.9 Å². The number of ether oxygens (including phenoxy) is 3. The molecule has 4 amide bonds. The molecule has 14 heteroatoms. The van der Waals surface area contributed by atoms with Gasteiger partial charge in [-0.2, -0.15) is 0 Å². The lowest BCUT2D eigenvalue weighted by Crippen LogP contribution is -2.56. The summed E-state index contributed by atoms with van der Waals surface area (Å²) < 4.78 is 16.9. The van der Waals surface area contributed by atoms with Gasteiger partial charge in [-0.1, -0.05) is 26.0 Å². The van der Waals surface area contributed by atoms with Crippen LogP contribution < -0.4 is 10.1 Å². The van der Waals surface area contributed by atoms with Gasteiger partial charge in [0.2, 0.25) is 5.91 Å². The van der Waals surface area contributed by atoms with Crippen molar-refractivity contribution in [2.45, 2.75) is 58.6 Å². The molecule has 3 heterocycles. The minimum absolute atomic E-state index is 0.0467. The number of aromatic nitrogens is 1. The second-order valence-corrected chi connectivity index (χ2v) is 12.1. The first-order valence-electron chi connectivity index (χ1n) is 16.2. The van der Waals surface area contributed by atoms with Crippen LogP contribution in [0.25, 0.3) is 10.9 Å². The fourth-order valence-electron chi connectivity index (χ4n) is 5.51. The Morgan fingerprint density at radius 2 is 1.66 bits per heavy atom. The fraction of sp³-hybridized carbons (Fsp3) is 0.576. The van der Waals surface area contributed by atoms with Crippen LogP contribution in [0, 0.1) is 5.92 Å². The van der Waals surface area contributed by atoms with Crippen molar-refractivity contribution in [3.8, 4) is 5.75 Å². The van der Waals surface area contributed by atoms with Crippen LogP contribution in [0.1, 0.15) is 56.9 Å². The minimum Gasteiger partial charge on any atom is -0.483 e. The first-order valence-corrected chi connectivity index (χ1v) is 16.2. The Morgan fingerprint density at radius 3 is 2.32 bits per heavy atom. The Balaban J connectivity index is 1.42. The summed E-state index contributed by atoms with van der Waals surface area (Å²) in [6.45, 7) is 8.66. The van der Waals surface area contributed by atoms with Crippen molar-refractivity contribution < 1.29 is 43.3 Å². The number of piperazine rings is 1. The topological polar surface area (TPSA) is 168 Å². The first kappa shape index (κ1) is 35.4. The standard InChI is InChI=1S/C33H45N5O9/c1-4-45-33(44)38-17-15-37(16-18-38)32(43)26(9-10-30(40)41)35-31(42)27-19-28(24-7-5-6-8-25(24)34-27)47-21-29(39)36-13-11-23(12-14-36)46-20-22(2)3/h5-8,19,22-23,26H,4,9-18,20-21H2,1-3H3,(H,35,42)(H,40,41). The van der Waals surface area contributed by atoms with E-state index in [0.717, 1.165) is 12.8 Å². The Bertz CT molecular complexity index is 1420. The summed E-state index contributed by atoms with van der Waals surface area (Å²) in [7, 11) is 0. The van der Waals surface area contributed by atoms with Crippen molar-refractivity contribution in [2.75, 3.05) is 59.1 Å². The van der Waals surface area contributed by atoms with Gasteiger partial charge in [0, 0.05) is 63.7 Å². The van der Waals surface area contributed by atoms with E-state index in [-0.39, 0.29) is 75.7 Å². The van der Waals surface area contributed by atoms with Crippen molar-refractivity contribution in [2.24, 2.45) is 5.92 Å². The molecule has 256 valence electrons. The molecule has 1 unspecified atom stereocenters. The van der Waals surface area contributed by atoms with E-state index < -0.39 is 29.9 Å². The Hall–Kier alpha value is -4.46. The van der Waals surface area contributed by atoms with Gasteiger partial charge in [0.15, 0.2) is 6.61 Å². The number of nitrogens with zero attached hydrogens (tertiary/aromatic N) is 4. The summed E-state index contributed by atoms with van der Waals surface area (Å²) in [5.74, 6) is -1.70. The third-order valence-electron chi connectivity index (χ3n) is 8.09. The zero-order valence-electron chi connectivity index (χ0n) is 27.3. The number of nitrogens with one attached hydrogen (secondary N) is 1. The van der Waals surface area contributed by atoms with E-state index in [2.05, 4.69) is 24.1 Å². The largest absolute Gasteiger partial charge is 0.483 e. The summed E-state index contributed by atoms with van der Waals surface area (Å²) in [5.41, 5.74) is 0.406. The molecule has 2 saturated heterocycles. The smallest absolute Gasteiger partial charge is 0.409 e. The maximum Gasteiger partial charge on any atom is 0.409 e. The Kier molecular flexibility index (Phi) is 12.7. The quantitative estimate of drug-likeness (QED) is 0.327. The van der Waals surface area contributed by atoms with Gasteiger partial charge in [0.05, 0.1) is 18.2 Å². The van der Waals surface area contributed by atoms with Gasteiger partial charge in [-0.15, -0.1) is 0 Å². The Labute approximate surface area is 274 Å². The molecule has 1 aromatic carbocycles. The molecule has 47 heavy (non-hydrogen) atoms. The summed E-state index contributed by atoms with van der Waals surface area (Å²) >= 11 is 0. The average Bonchev–Trinajstić information content (AvgIpc) is 3.07. The van der Waals surface area contributed by atoms with Crippen LogP contribution >= 0.6 is 0 Å². The molecule has 2 fully saturated rings. The molecule has 0 bridgehead atoms. The maximum absolute atomic E-state index is 13.5. The predicted octanol–water partition coefficient (Wildman–Crippen LogP) is 2.54. The zero-order chi connectivity index (χ0) is 33.9. The third kappa shape index (κ3) is 10.0. The molecule has 2 aliphatic heterocycles. The number of carboxylic acids is 1. The second-order valence-electron chi connectivity index (χ2n) is 12.1. The normalized spacial score (nSPS) is 16.2. The molecule has 4 rings (SSSR count). The van der Waals surface area contributed by atoms with E-state index in [4.69, 9.17) is 14.2 Å². The number of carbonyl (C=O) groups excluding carboxylic acids is 4. The summed E-state index contributed by atoms with van der Waals surface area (Å²) in [6.07, 6.45) is 0.694. The number of benzene rings is 1. The number of piperidine rings is 1. The number of pyridine rings is 1. The predicted molar refractivity (Wildman–Crippen MR) is 171 cm³/mol. The summed E-state index contributed by atoms with van der Waals surface area (Å²) in [4.78, 5) is 72.6. The van der Waals surface area contributed by atoms with Crippen molar-refractivity contribution in [1.82, 2.24) is 25.0 Å². The number of rotatable bonds is 13. The van der Waals surface area contributed by atoms with Gasteiger partial charge < -0.3 is 39.3 Å². The van der Waals surface area contributed by atoms with Crippen LogP contribution in [0.3, 0.4) is 0 Å². The highest BCUT2D eigenvalue weighted by Crippen LogP contribution is 2.26. The number of likely N-dealkylation sites (tertiary alicyclic amines) is 1. The van der Waals surface area contributed by atoms with Gasteiger partial charge in [-0.25, -0.2) is 9.78 Å². The number of para-hydroxylation sites is 1. The van der Waals surface area contributed by atoms with Gasteiger partial charge in [-0.3, -0.25) is 19.2 Å². The van der Waals surface area contributed by atoms with E-state index in [1.807, 2.05) is 0 Å². The van der Waals surface area contributed by atoms with Gasteiger partial charge >= 0.3 is 12.1 Å². The highest BCUT2D eigenvalue weighted by atomic mass is 16.6. The van der Waals surface area contributed by atoms with E-state index >= 15 is 0 Å². The minimum atomic E-state index is -1.14. The van der Waals surface area contributed by atoms with Crippen molar-refractivity contribution in [1.29, 1.82) is 0 Å². The van der Waals surface area contributed by atoms with Crippen LogP contribution in [0.2, 0.25) is 0 Å². The fourth-order valence-corrected chi connectivity index (χ4v) is 5.51. The number of fused-ring (bicyclic) bond motifs is 1. The maximum atomic E-state index is 13.5. The number of carboxylic acid groups (broad SMARTS) is 1. The molecule has 2 aromatic rings. The van der Waals surface area contributed by atoms with Crippen LogP contribution in [0.4, 0.5) is 4.79 Å². The molecule has 0 radical (unpaired) electrons. The molecular formula is C33H45N5O9.